The molecular weight excluding hydrogens is 361 g/mol. The van der Waals surface area contributed by atoms with Crippen molar-refractivity contribution in [1.29, 1.82) is 0 Å². The average Bonchev–Trinajstić information content (AvgIpc) is 2.72. The number of amides is 2. The number of nitrogens with one attached hydrogen (secondary N) is 1. The highest BCUT2D eigenvalue weighted by Gasteiger charge is 2.31. The van der Waals surface area contributed by atoms with Crippen LogP contribution in [0.1, 0.15) is 24.2 Å². The molecule has 0 bridgehead atoms. The van der Waals surface area contributed by atoms with Crippen LogP contribution in [0.2, 0.25) is 0 Å². The first-order valence-corrected chi connectivity index (χ1v) is 9.33. The highest BCUT2D eigenvalue weighted by Crippen LogP contribution is 2.14. The molecule has 8 heteroatoms. The molecule has 1 aromatic carbocycles. The standard InChI is InChI=1S/C20H24FN5O2/c1-14(2)17(24-18(27)15-4-6-16(21)7-5-15)19(28)25-10-12-26(13-11-25)20-22-8-3-9-23-20/h3-9,14,17H,10-13H2,1-2H3,(H,24,27)/t17-/m0/s1. The van der Waals surface area contributed by atoms with Crippen LogP contribution in [0.3, 0.4) is 0 Å². The Kier molecular flexibility index (Phi) is 6.18. The fourth-order valence-electron chi connectivity index (χ4n) is 3.12. The molecule has 0 unspecified atom stereocenters. The summed E-state index contributed by atoms with van der Waals surface area (Å²) in [5.41, 5.74) is 0.325. The molecule has 0 radical (unpaired) electrons. The van der Waals surface area contributed by atoms with Gasteiger partial charge in [-0.25, -0.2) is 14.4 Å². The largest absolute Gasteiger partial charge is 0.340 e. The van der Waals surface area contributed by atoms with Gasteiger partial charge in [0.2, 0.25) is 11.9 Å². The van der Waals surface area contributed by atoms with Crippen molar-refractivity contribution in [2.24, 2.45) is 5.92 Å². The lowest BCUT2D eigenvalue weighted by molar-refractivity contribution is -0.134. The van der Waals surface area contributed by atoms with Gasteiger partial charge in [0.25, 0.3) is 5.91 Å². The predicted octanol–water partition coefficient (Wildman–Crippen LogP) is 1.72. The van der Waals surface area contributed by atoms with Crippen LogP contribution in [0.25, 0.3) is 0 Å². The van der Waals surface area contributed by atoms with Gasteiger partial charge in [-0.1, -0.05) is 13.8 Å². The van der Waals surface area contributed by atoms with Gasteiger partial charge in [0.15, 0.2) is 0 Å². The molecular formula is C20H24FN5O2. The summed E-state index contributed by atoms with van der Waals surface area (Å²) in [6.07, 6.45) is 3.39. The normalized spacial score (nSPS) is 15.4. The van der Waals surface area contributed by atoms with E-state index < -0.39 is 11.9 Å². The van der Waals surface area contributed by atoms with E-state index >= 15 is 0 Å². The van der Waals surface area contributed by atoms with E-state index in [0.29, 0.717) is 37.7 Å². The van der Waals surface area contributed by atoms with Gasteiger partial charge in [-0.3, -0.25) is 9.59 Å². The third-order valence-corrected chi connectivity index (χ3v) is 4.75. The van der Waals surface area contributed by atoms with Gasteiger partial charge >= 0.3 is 0 Å². The van der Waals surface area contributed by atoms with Crippen molar-refractivity contribution in [3.63, 3.8) is 0 Å². The zero-order chi connectivity index (χ0) is 20.1. The minimum atomic E-state index is -0.642. The predicted molar refractivity (Wildman–Crippen MR) is 103 cm³/mol. The van der Waals surface area contributed by atoms with Gasteiger partial charge in [0.05, 0.1) is 0 Å². The molecule has 1 fully saturated rings. The van der Waals surface area contributed by atoms with Crippen LogP contribution in [0, 0.1) is 11.7 Å². The fourth-order valence-corrected chi connectivity index (χ4v) is 3.12. The first kappa shape index (κ1) is 19.7. The van der Waals surface area contributed by atoms with Crippen molar-refractivity contribution in [2.45, 2.75) is 19.9 Å². The van der Waals surface area contributed by atoms with E-state index in [2.05, 4.69) is 15.3 Å². The third-order valence-electron chi connectivity index (χ3n) is 4.75. The smallest absolute Gasteiger partial charge is 0.251 e. The molecule has 3 rings (SSSR count). The van der Waals surface area contributed by atoms with E-state index in [4.69, 9.17) is 0 Å². The molecule has 1 N–H and O–H groups in total. The molecule has 0 aliphatic carbocycles. The SMILES string of the molecule is CC(C)[C@H](NC(=O)c1ccc(F)cc1)C(=O)N1CCN(c2ncccn2)CC1. The van der Waals surface area contributed by atoms with Crippen molar-refractivity contribution in [3.05, 3.63) is 54.1 Å². The first-order valence-electron chi connectivity index (χ1n) is 9.33. The van der Waals surface area contributed by atoms with E-state index in [9.17, 15) is 14.0 Å². The number of carbonyl (C=O) groups is 2. The zero-order valence-corrected chi connectivity index (χ0v) is 16.0. The number of hydrogen-bond acceptors (Lipinski definition) is 5. The summed E-state index contributed by atoms with van der Waals surface area (Å²) in [6, 6.07) is 6.39. The summed E-state index contributed by atoms with van der Waals surface area (Å²) < 4.78 is 13.1. The van der Waals surface area contributed by atoms with Crippen LogP contribution in [0.15, 0.2) is 42.7 Å². The summed E-state index contributed by atoms with van der Waals surface area (Å²) in [5, 5.41) is 2.80. The average molecular weight is 385 g/mol. The van der Waals surface area contributed by atoms with Crippen molar-refractivity contribution >= 4 is 17.8 Å². The number of rotatable bonds is 5. The molecule has 1 aliphatic heterocycles. The van der Waals surface area contributed by atoms with Crippen LogP contribution in [0.4, 0.5) is 10.3 Å². The molecule has 1 saturated heterocycles. The lowest BCUT2D eigenvalue weighted by Gasteiger charge is -2.37. The van der Waals surface area contributed by atoms with Crippen LogP contribution in [-0.2, 0) is 4.79 Å². The van der Waals surface area contributed by atoms with Crippen LogP contribution in [-0.4, -0.2) is 58.9 Å². The van der Waals surface area contributed by atoms with E-state index in [0.717, 1.165) is 0 Å². The molecule has 0 spiro atoms. The number of benzene rings is 1. The van der Waals surface area contributed by atoms with E-state index in [1.54, 1.807) is 23.4 Å². The Hall–Kier alpha value is -3.03. The summed E-state index contributed by atoms with van der Waals surface area (Å²) >= 11 is 0. The van der Waals surface area contributed by atoms with Gasteiger partial charge in [-0.15, -0.1) is 0 Å². The van der Waals surface area contributed by atoms with Crippen LogP contribution < -0.4 is 10.2 Å². The van der Waals surface area contributed by atoms with E-state index in [1.165, 1.54) is 24.3 Å². The molecule has 2 heterocycles. The Morgan fingerprint density at radius 2 is 1.64 bits per heavy atom. The molecule has 2 amide bonds. The summed E-state index contributed by atoms with van der Waals surface area (Å²) in [7, 11) is 0. The summed E-state index contributed by atoms with van der Waals surface area (Å²) in [5.74, 6) is -0.331. The number of anilines is 1. The maximum Gasteiger partial charge on any atom is 0.251 e. The summed E-state index contributed by atoms with van der Waals surface area (Å²) in [4.78, 5) is 37.7. The van der Waals surface area contributed by atoms with Crippen LogP contribution >= 0.6 is 0 Å². The molecule has 7 nitrogen and oxygen atoms in total. The number of piperazine rings is 1. The lowest BCUT2D eigenvalue weighted by Crippen LogP contribution is -2.56. The van der Waals surface area contributed by atoms with Gasteiger partial charge in [-0.2, -0.15) is 0 Å². The number of aromatic nitrogens is 2. The first-order chi connectivity index (χ1) is 13.5. The molecule has 2 aromatic rings. The molecule has 28 heavy (non-hydrogen) atoms. The number of carbonyl (C=O) groups excluding carboxylic acids is 2. The maximum absolute atomic E-state index is 13.1. The lowest BCUT2D eigenvalue weighted by atomic mass is 10.0. The number of hydrogen-bond donors (Lipinski definition) is 1. The monoisotopic (exact) mass is 385 g/mol. The van der Waals surface area contributed by atoms with Crippen molar-refractivity contribution in [1.82, 2.24) is 20.2 Å². The van der Waals surface area contributed by atoms with Gasteiger partial charge < -0.3 is 15.1 Å². The highest BCUT2D eigenvalue weighted by molar-refractivity contribution is 5.97. The van der Waals surface area contributed by atoms with E-state index in [1.807, 2.05) is 18.7 Å². The van der Waals surface area contributed by atoms with E-state index in [-0.39, 0.29) is 17.7 Å². The quantitative estimate of drug-likeness (QED) is 0.848. The second-order valence-corrected chi connectivity index (χ2v) is 7.06. The molecule has 1 aliphatic rings. The number of halogens is 1. The molecule has 1 atom stereocenters. The number of nitrogens with zero attached hydrogens (tertiary/aromatic N) is 4. The topological polar surface area (TPSA) is 78.4 Å². The Labute approximate surface area is 163 Å². The van der Waals surface area contributed by atoms with Gasteiger partial charge in [-0.05, 0) is 36.2 Å². The van der Waals surface area contributed by atoms with Crippen molar-refractivity contribution in [2.75, 3.05) is 31.1 Å². The minimum absolute atomic E-state index is 0.0765. The third kappa shape index (κ3) is 4.62. The van der Waals surface area contributed by atoms with Gasteiger partial charge in [0, 0.05) is 44.1 Å². The second-order valence-electron chi connectivity index (χ2n) is 7.06. The molecule has 148 valence electrons. The van der Waals surface area contributed by atoms with Crippen LogP contribution in [0.5, 0.6) is 0 Å². The van der Waals surface area contributed by atoms with Crippen molar-refractivity contribution in [3.8, 4) is 0 Å². The Bertz CT molecular complexity index is 805. The summed E-state index contributed by atoms with van der Waals surface area (Å²) in [6.45, 7) is 6.11. The Balaban J connectivity index is 1.62. The Morgan fingerprint density at radius 1 is 1.04 bits per heavy atom. The fraction of sp³-hybridized carbons (Fsp3) is 0.400. The second kappa shape index (κ2) is 8.77. The Morgan fingerprint density at radius 3 is 2.21 bits per heavy atom. The highest BCUT2D eigenvalue weighted by atomic mass is 19.1. The molecule has 0 saturated carbocycles. The maximum atomic E-state index is 13.1. The zero-order valence-electron chi connectivity index (χ0n) is 16.0. The molecule has 1 aromatic heterocycles. The van der Waals surface area contributed by atoms with Gasteiger partial charge in [0.1, 0.15) is 11.9 Å². The van der Waals surface area contributed by atoms with Crippen molar-refractivity contribution < 1.29 is 14.0 Å². The minimum Gasteiger partial charge on any atom is -0.340 e.